The third kappa shape index (κ3) is 59.2. The summed E-state index contributed by atoms with van der Waals surface area (Å²) in [6.45, 7) is 12.6. The van der Waals surface area contributed by atoms with Gasteiger partial charge >= 0.3 is 0 Å². The maximum absolute atomic E-state index is 6.29. The average Bonchev–Trinajstić information content (AvgIpc) is 3.42. The van der Waals surface area contributed by atoms with Gasteiger partial charge in [-0.2, -0.15) is 0 Å². The van der Waals surface area contributed by atoms with Gasteiger partial charge in [-0.1, -0.05) is 284 Å². The Labute approximate surface area is 470 Å². The molecule has 2 unspecified atom stereocenters. The molecule has 0 aromatic rings. The van der Waals surface area contributed by atoms with Crippen LogP contribution in [0.5, 0.6) is 0 Å². The van der Waals surface area contributed by atoms with Crippen molar-refractivity contribution in [1.29, 1.82) is 0 Å². The molecule has 7 nitrogen and oxygen atoms in total. The topological polar surface area (TPSA) is 64.6 Å². The molecular weight excluding hydrogens is 929 g/mol. The highest BCUT2D eigenvalue weighted by atomic mass is 16.8. The number of ether oxygens (including phenoxy) is 7. The van der Waals surface area contributed by atoms with Gasteiger partial charge < -0.3 is 33.2 Å². The Kier molecular flexibility index (Phi) is 65.0. The molecular formula is C68H134O7. The third-order valence-electron chi connectivity index (χ3n) is 15.1. The van der Waals surface area contributed by atoms with Gasteiger partial charge in [0.25, 0.3) is 0 Å². The quantitative estimate of drug-likeness (QED) is 0.0342. The molecule has 0 aliphatic carbocycles. The molecule has 0 fully saturated rings. The van der Waals surface area contributed by atoms with E-state index in [-0.39, 0.29) is 12.6 Å². The zero-order chi connectivity index (χ0) is 54.3. The Hall–Kier alpha value is -0.800. The summed E-state index contributed by atoms with van der Waals surface area (Å²) < 4.78 is 42.5. The number of methoxy groups -OCH3 is 2. The standard InChI is InChI=1S/C68H134O7/c1-7-11-15-19-37-45-53-61-71-67(72-62-54-46-38-20-16-12-8-2)59-51-43-35-31-27-23-25-29-33-41-49-57-65(69-5)75-66(70-6)58-50-42-34-30-26-24-28-32-36-44-52-60-68(73-63-55-47-39-21-17-13-9-3)74-64-56-48-40-22-18-14-10-4/h49-50,57-58,65-68H,7-48,51-56,59-64H2,1-6H3. The molecule has 0 aromatic heterocycles. The Morgan fingerprint density at radius 2 is 0.467 bits per heavy atom. The van der Waals surface area contributed by atoms with E-state index in [9.17, 15) is 0 Å². The van der Waals surface area contributed by atoms with Gasteiger partial charge in [-0.15, -0.1) is 0 Å². The van der Waals surface area contributed by atoms with E-state index in [0.29, 0.717) is 0 Å². The molecule has 0 heterocycles. The molecule has 448 valence electrons. The molecule has 2 atom stereocenters. The van der Waals surface area contributed by atoms with Crippen molar-refractivity contribution in [2.75, 3.05) is 40.6 Å². The van der Waals surface area contributed by atoms with Crippen LogP contribution in [0, 0.1) is 0 Å². The zero-order valence-electron chi connectivity index (χ0n) is 51.7. The number of hydrogen-bond acceptors (Lipinski definition) is 7. The van der Waals surface area contributed by atoms with E-state index in [1.54, 1.807) is 14.2 Å². The van der Waals surface area contributed by atoms with Gasteiger partial charge in [0.1, 0.15) is 0 Å². The normalized spacial score (nSPS) is 13.0. The Morgan fingerprint density at radius 1 is 0.253 bits per heavy atom. The number of hydrogen-bond donors (Lipinski definition) is 0. The minimum atomic E-state index is -0.397. The molecule has 0 bridgehead atoms. The maximum Gasteiger partial charge on any atom is 0.179 e. The molecule has 0 N–H and O–H groups in total. The van der Waals surface area contributed by atoms with Gasteiger partial charge in [0.15, 0.2) is 25.2 Å². The Bertz CT molecular complexity index is 962. The molecule has 0 aliphatic rings. The molecule has 0 amide bonds. The molecule has 0 aliphatic heterocycles. The lowest BCUT2D eigenvalue weighted by Crippen LogP contribution is -2.22. The second-order valence-electron chi connectivity index (χ2n) is 22.5. The number of unbranched alkanes of at least 4 members (excludes halogenated alkanes) is 42. The summed E-state index contributed by atoms with van der Waals surface area (Å²) in [5.74, 6) is 0. The van der Waals surface area contributed by atoms with Gasteiger partial charge in [-0.25, -0.2) is 0 Å². The molecule has 75 heavy (non-hydrogen) atoms. The Morgan fingerprint density at radius 3 is 0.707 bits per heavy atom. The highest BCUT2D eigenvalue weighted by Gasteiger charge is 2.13. The molecule has 0 spiro atoms. The lowest BCUT2D eigenvalue weighted by Gasteiger charge is -2.19. The van der Waals surface area contributed by atoms with Crippen LogP contribution in [0.1, 0.15) is 349 Å². The van der Waals surface area contributed by atoms with Crippen molar-refractivity contribution in [3.8, 4) is 0 Å². The molecule has 0 rings (SSSR count). The fourth-order valence-corrected chi connectivity index (χ4v) is 10.1. The molecule has 7 heteroatoms. The van der Waals surface area contributed by atoms with Crippen molar-refractivity contribution in [2.45, 2.75) is 374 Å². The van der Waals surface area contributed by atoms with Crippen LogP contribution in [-0.4, -0.2) is 65.8 Å². The predicted molar refractivity (Wildman–Crippen MR) is 326 cm³/mol. The van der Waals surface area contributed by atoms with Gasteiger partial charge in [0.2, 0.25) is 0 Å². The first-order valence-electron chi connectivity index (χ1n) is 33.7. The van der Waals surface area contributed by atoms with Gasteiger partial charge in [-0.3, -0.25) is 0 Å². The summed E-state index contributed by atoms with van der Waals surface area (Å²) in [6.07, 6.45) is 72.4. The molecule has 0 saturated carbocycles. The fourth-order valence-electron chi connectivity index (χ4n) is 10.1. The van der Waals surface area contributed by atoms with E-state index in [0.717, 1.165) is 52.1 Å². The van der Waals surface area contributed by atoms with Crippen LogP contribution in [0.2, 0.25) is 0 Å². The van der Waals surface area contributed by atoms with Crippen molar-refractivity contribution in [3.05, 3.63) is 24.3 Å². The van der Waals surface area contributed by atoms with Crippen molar-refractivity contribution >= 4 is 0 Å². The third-order valence-corrected chi connectivity index (χ3v) is 15.1. The van der Waals surface area contributed by atoms with E-state index in [1.165, 1.54) is 295 Å². The largest absolute Gasteiger partial charge is 0.353 e. The minimum absolute atomic E-state index is 0.00425. The van der Waals surface area contributed by atoms with Gasteiger partial charge in [0.05, 0.1) is 0 Å². The summed E-state index contributed by atoms with van der Waals surface area (Å²) in [5, 5.41) is 0. The Balaban J connectivity index is 4.09. The monoisotopic (exact) mass is 1060 g/mol. The van der Waals surface area contributed by atoms with Crippen LogP contribution in [-0.2, 0) is 33.2 Å². The summed E-state index contributed by atoms with van der Waals surface area (Å²) >= 11 is 0. The van der Waals surface area contributed by atoms with Crippen molar-refractivity contribution in [3.63, 3.8) is 0 Å². The van der Waals surface area contributed by atoms with Crippen molar-refractivity contribution in [1.82, 2.24) is 0 Å². The predicted octanol–water partition coefficient (Wildman–Crippen LogP) is 22.4. The van der Waals surface area contributed by atoms with E-state index >= 15 is 0 Å². The smallest absolute Gasteiger partial charge is 0.179 e. The molecule has 0 radical (unpaired) electrons. The SMILES string of the molecule is CCCCCCCCCOC(CCCCCCCCCCCC=CC(OC)OC(C=CCCCCCCCCCCCC(OCCCCCCCCC)OCCCCCCCCC)OC)OCCCCCCCCC. The van der Waals surface area contributed by atoms with Crippen LogP contribution in [0.4, 0.5) is 0 Å². The first kappa shape index (κ1) is 74.2. The van der Waals surface area contributed by atoms with E-state index < -0.39 is 12.6 Å². The second-order valence-corrected chi connectivity index (χ2v) is 22.5. The fraction of sp³-hybridized carbons (Fsp3) is 0.941. The van der Waals surface area contributed by atoms with Crippen LogP contribution in [0.3, 0.4) is 0 Å². The lowest BCUT2D eigenvalue weighted by atomic mass is 10.1. The number of allylic oxidation sites excluding steroid dienone is 2. The second kappa shape index (κ2) is 65.7. The van der Waals surface area contributed by atoms with Crippen LogP contribution in [0.15, 0.2) is 24.3 Å². The first-order valence-corrected chi connectivity index (χ1v) is 33.7. The molecule has 0 saturated heterocycles. The van der Waals surface area contributed by atoms with Gasteiger partial charge in [-0.05, 0) is 89.2 Å². The van der Waals surface area contributed by atoms with E-state index in [1.807, 2.05) is 12.2 Å². The van der Waals surface area contributed by atoms with Crippen molar-refractivity contribution < 1.29 is 33.2 Å². The average molecular weight is 1060 g/mol. The van der Waals surface area contributed by atoms with Crippen LogP contribution in [0.25, 0.3) is 0 Å². The maximum atomic E-state index is 6.29. The summed E-state index contributed by atoms with van der Waals surface area (Å²) in [7, 11) is 3.42. The summed E-state index contributed by atoms with van der Waals surface area (Å²) in [6, 6.07) is 0. The number of rotatable bonds is 66. The highest BCUT2D eigenvalue weighted by Crippen LogP contribution is 2.19. The van der Waals surface area contributed by atoms with Crippen molar-refractivity contribution in [2.24, 2.45) is 0 Å². The van der Waals surface area contributed by atoms with Crippen LogP contribution >= 0.6 is 0 Å². The van der Waals surface area contributed by atoms with Gasteiger partial charge in [0, 0.05) is 40.6 Å². The van der Waals surface area contributed by atoms with Crippen LogP contribution < -0.4 is 0 Å². The minimum Gasteiger partial charge on any atom is -0.353 e. The first-order chi connectivity index (χ1) is 37.1. The molecule has 0 aromatic carbocycles. The zero-order valence-corrected chi connectivity index (χ0v) is 51.7. The highest BCUT2D eigenvalue weighted by molar-refractivity contribution is 4.89. The van der Waals surface area contributed by atoms with E-state index in [2.05, 4.69) is 39.8 Å². The summed E-state index contributed by atoms with van der Waals surface area (Å²) in [4.78, 5) is 0. The van der Waals surface area contributed by atoms with E-state index in [4.69, 9.17) is 33.2 Å². The lowest BCUT2D eigenvalue weighted by molar-refractivity contribution is -0.188. The summed E-state index contributed by atoms with van der Waals surface area (Å²) in [5.41, 5.74) is 0.